The van der Waals surface area contributed by atoms with Crippen molar-refractivity contribution in [2.75, 3.05) is 24.6 Å². The first-order valence-corrected chi connectivity index (χ1v) is 16.6. The van der Waals surface area contributed by atoms with Crippen molar-refractivity contribution in [1.29, 1.82) is 0 Å². The highest BCUT2D eigenvalue weighted by Crippen LogP contribution is 2.58. The third-order valence-corrected chi connectivity index (χ3v) is 12.8. The number of rotatable bonds is 24. The fraction of sp³-hybridized carbons (Fsp3) is 1.00. The van der Waals surface area contributed by atoms with Gasteiger partial charge in [-0.1, -0.05) is 122 Å². The van der Waals surface area contributed by atoms with Crippen LogP contribution in [0.15, 0.2) is 0 Å². The van der Waals surface area contributed by atoms with E-state index in [0.717, 1.165) is 0 Å². The SMILES string of the molecule is CCCCCCCCCCCCCCCCCCCCCC[P+](CC)(CC)CC.[Br-]. The number of hydrogen-bond acceptors (Lipinski definition) is 0. The van der Waals surface area contributed by atoms with Crippen molar-refractivity contribution >= 4 is 7.26 Å². The first kappa shape index (κ1) is 33.1. The monoisotopic (exact) mass is 506 g/mol. The molecule has 0 atom stereocenters. The Labute approximate surface area is 204 Å². The summed E-state index contributed by atoms with van der Waals surface area (Å²) in [6.45, 7) is 9.63. The molecule has 0 aliphatic rings. The van der Waals surface area contributed by atoms with E-state index in [4.69, 9.17) is 0 Å². The molecule has 184 valence electrons. The third-order valence-electron chi connectivity index (χ3n) is 7.50. The van der Waals surface area contributed by atoms with Crippen LogP contribution in [0.3, 0.4) is 0 Å². The zero-order chi connectivity index (χ0) is 21.5. The fourth-order valence-electron chi connectivity index (χ4n) is 4.85. The summed E-state index contributed by atoms with van der Waals surface area (Å²) in [6.07, 6.45) is 35.7. The van der Waals surface area contributed by atoms with E-state index >= 15 is 0 Å². The maximum Gasteiger partial charge on any atom is 0.0594 e. The molecule has 0 unspecified atom stereocenters. The summed E-state index contributed by atoms with van der Waals surface area (Å²) in [6, 6.07) is 0. The van der Waals surface area contributed by atoms with Gasteiger partial charge in [0.15, 0.2) is 0 Å². The van der Waals surface area contributed by atoms with E-state index in [0.29, 0.717) is 0 Å². The molecule has 0 rings (SSSR count). The predicted molar refractivity (Wildman–Crippen MR) is 141 cm³/mol. The number of halogens is 1. The van der Waals surface area contributed by atoms with Crippen molar-refractivity contribution in [3.8, 4) is 0 Å². The van der Waals surface area contributed by atoms with Crippen LogP contribution in [-0.2, 0) is 0 Å². The van der Waals surface area contributed by atoms with Gasteiger partial charge in [0.25, 0.3) is 0 Å². The molecule has 0 N–H and O–H groups in total. The van der Waals surface area contributed by atoms with Crippen LogP contribution in [0.25, 0.3) is 0 Å². The molecule has 0 radical (unpaired) electrons. The molecule has 0 heterocycles. The van der Waals surface area contributed by atoms with Gasteiger partial charge in [-0.2, -0.15) is 0 Å². The van der Waals surface area contributed by atoms with E-state index in [9.17, 15) is 0 Å². The summed E-state index contributed by atoms with van der Waals surface area (Å²) in [7, 11) is -0.533. The highest BCUT2D eigenvalue weighted by molar-refractivity contribution is 7.75. The van der Waals surface area contributed by atoms with Crippen molar-refractivity contribution in [2.24, 2.45) is 0 Å². The van der Waals surface area contributed by atoms with Gasteiger partial charge in [-0.15, -0.1) is 0 Å². The standard InChI is InChI=1S/C28H60P.BrH/c1-5-9-10-11-12-13-14-15-16-17-18-19-20-21-22-23-24-25-26-27-28-29(6-2,7-3)8-4;/h5-28H2,1-4H3;1H/q+1;/p-1. The lowest BCUT2D eigenvalue weighted by Crippen LogP contribution is -3.00. The minimum Gasteiger partial charge on any atom is -1.00 e. The van der Waals surface area contributed by atoms with Gasteiger partial charge in [-0.25, -0.2) is 0 Å². The Balaban J connectivity index is 0. The van der Waals surface area contributed by atoms with E-state index < -0.39 is 7.26 Å². The first-order chi connectivity index (χ1) is 14.2. The van der Waals surface area contributed by atoms with Crippen LogP contribution in [0.2, 0.25) is 0 Å². The second kappa shape index (κ2) is 26.2. The van der Waals surface area contributed by atoms with Crippen molar-refractivity contribution in [3.63, 3.8) is 0 Å². The van der Waals surface area contributed by atoms with E-state index in [2.05, 4.69) is 27.7 Å². The maximum absolute atomic E-state index is 2.44. The molecule has 0 amide bonds. The molecule has 0 saturated heterocycles. The Morgan fingerprint density at radius 2 is 0.567 bits per heavy atom. The van der Waals surface area contributed by atoms with E-state index in [1.165, 1.54) is 147 Å². The highest BCUT2D eigenvalue weighted by Gasteiger charge is 2.29. The van der Waals surface area contributed by atoms with Gasteiger partial charge in [0.2, 0.25) is 0 Å². The van der Waals surface area contributed by atoms with Crippen LogP contribution in [-0.4, -0.2) is 24.6 Å². The lowest BCUT2D eigenvalue weighted by atomic mass is 10.0. The topological polar surface area (TPSA) is 0 Å². The van der Waals surface area contributed by atoms with Crippen molar-refractivity contribution in [3.05, 3.63) is 0 Å². The van der Waals surface area contributed by atoms with E-state index in [1.807, 2.05) is 0 Å². The Kier molecular flexibility index (Phi) is 28.9. The Morgan fingerprint density at radius 3 is 0.800 bits per heavy atom. The fourth-order valence-corrected chi connectivity index (χ4v) is 8.03. The zero-order valence-corrected chi connectivity index (χ0v) is 24.3. The van der Waals surface area contributed by atoms with Crippen LogP contribution in [0.1, 0.15) is 156 Å². The second-order valence-electron chi connectivity index (χ2n) is 9.73. The summed E-state index contributed by atoms with van der Waals surface area (Å²) in [5.74, 6) is 0. The molecule has 0 spiro atoms. The van der Waals surface area contributed by atoms with Gasteiger partial charge < -0.3 is 17.0 Å². The van der Waals surface area contributed by atoms with Gasteiger partial charge in [-0.05, 0) is 33.6 Å². The third kappa shape index (κ3) is 20.8. The van der Waals surface area contributed by atoms with Gasteiger partial charge in [0.1, 0.15) is 0 Å². The Bertz CT molecular complexity index is 293. The molecule has 0 nitrogen and oxygen atoms in total. The molecule has 0 aliphatic carbocycles. The van der Waals surface area contributed by atoms with E-state index in [-0.39, 0.29) is 17.0 Å². The number of unbranched alkanes of at least 4 members (excludes halogenated alkanes) is 19. The molecule has 0 fully saturated rings. The molecular weight excluding hydrogens is 447 g/mol. The zero-order valence-electron chi connectivity index (χ0n) is 21.8. The molecule has 0 aromatic rings. The van der Waals surface area contributed by atoms with Crippen LogP contribution < -0.4 is 17.0 Å². The molecule has 0 saturated carbocycles. The van der Waals surface area contributed by atoms with Crippen LogP contribution in [0, 0.1) is 0 Å². The summed E-state index contributed by atoms with van der Waals surface area (Å²) < 4.78 is 0. The molecule has 30 heavy (non-hydrogen) atoms. The maximum atomic E-state index is 2.44. The smallest absolute Gasteiger partial charge is 0.0594 e. The average molecular weight is 508 g/mol. The van der Waals surface area contributed by atoms with Crippen molar-refractivity contribution in [1.82, 2.24) is 0 Å². The van der Waals surface area contributed by atoms with Gasteiger partial charge in [0.05, 0.1) is 24.6 Å². The Morgan fingerprint density at radius 1 is 0.333 bits per heavy atom. The largest absolute Gasteiger partial charge is 1.00 e. The van der Waals surface area contributed by atoms with Gasteiger partial charge in [-0.3, -0.25) is 0 Å². The molecule has 0 aromatic carbocycles. The van der Waals surface area contributed by atoms with E-state index in [1.54, 1.807) is 6.16 Å². The van der Waals surface area contributed by atoms with Crippen molar-refractivity contribution in [2.45, 2.75) is 156 Å². The van der Waals surface area contributed by atoms with Crippen LogP contribution >= 0.6 is 7.26 Å². The number of hydrogen-bond donors (Lipinski definition) is 0. The lowest BCUT2D eigenvalue weighted by molar-refractivity contribution is -0.00000663. The second-order valence-corrected chi connectivity index (χ2v) is 14.8. The summed E-state index contributed by atoms with van der Waals surface area (Å²) in [4.78, 5) is 0. The van der Waals surface area contributed by atoms with Crippen LogP contribution in [0.4, 0.5) is 0 Å². The lowest BCUT2D eigenvalue weighted by Gasteiger charge is -2.23. The molecule has 0 aliphatic heterocycles. The first-order valence-electron chi connectivity index (χ1n) is 14.1. The summed E-state index contributed by atoms with van der Waals surface area (Å²) in [5, 5.41) is 0. The normalized spacial score (nSPS) is 11.6. The van der Waals surface area contributed by atoms with Crippen molar-refractivity contribution < 1.29 is 17.0 Å². The quantitative estimate of drug-likeness (QED) is 0.0920. The summed E-state index contributed by atoms with van der Waals surface area (Å²) in [5.41, 5.74) is 0. The van der Waals surface area contributed by atoms with Crippen LogP contribution in [0.5, 0.6) is 0 Å². The average Bonchev–Trinajstić information content (AvgIpc) is 2.75. The molecular formula is C28H60BrP. The Hall–Kier alpha value is 0.910. The molecule has 0 aromatic heterocycles. The highest BCUT2D eigenvalue weighted by atomic mass is 79.9. The molecule has 0 bridgehead atoms. The van der Waals surface area contributed by atoms with Gasteiger partial charge in [0, 0.05) is 7.26 Å². The minimum atomic E-state index is -0.533. The minimum absolute atomic E-state index is 0. The summed E-state index contributed by atoms with van der Waals surface area (Å²) >= 11 is 0. The van der Waals surface area contributed by atoms with Gasteiger partial charge >= 0.3 is 0 Å². The predicted octanol–water partition coefficient (Wildman–Crippen LogP) is 7.89. The molecule has 2 heteroatoms.